The zero-order chi connectivity index (χ0) is 17.5. The fourth-order valence-electron chi connectivity index (χ4n) is 2.19. The van der Waals surface area contributed by atoms with Gasteiger partial charge in [-0.2, -0.15) is 15.6 Å². The molecule has 1 aliphatic heterocycles. The Hall–Kier alpha value is -3.26. The predicted octanol–water partition coefficient (Wildman–Crippen LogP) is 1.18. The number of halogens is 1. The van der Waals surface area contributed by atoms with Gasteiger partial charge in [-0.3, -0.25) is 9.59 Å². The van der Waals surface area contributed by atoms with Crippen LogP contribution in [-0.4, -0.2) is 40.5 Å². The van der Waals surface area contributed by atoms with Crippen molar-refractivity contribution in [3.63, 3.8) is 0 Å². The van der Waals surface area contributed by atoms with Crippen molar-refractivity contribution in [1.29, 1.82) is 10.5 Å². The molecule has 0 fully saturated rings. The predicted molar refractivity (Wildman–Crippen MR) is 81.4 cm³/mol. The fourth-order valence-corrected chi connectivity index (χ4v) is 2.19. The average molecular weight is 327 g/mol. The first-order valence-corrected chi connectivity index (χ1v) is 7.20. The third-order valence-corrected chi connectivity index (χ3v) is 3.41. The molecule has 1 aliphatic rings. The summed E-state index contributed by atoms with van der Waals surface area (Å²) < 4.78 is 12.9. The summed E-state index contributed by atoms with van der Waals surface area (Å²) in [5.74, 6) is -1.16. The first-order valence-electron chi connectivity index (χ1n) is 7.20. The Morgan fingerprint density at radius 3 is 2.42 bits per heavy atom. The van der Waals surface area contributed by atoms with E-state index in [2.05, 4.69) is 5.10 Å². The third kappa shape index (κ3) is 4.14. The summed E-state index contributed by atoms with van der Waals surface area (Å²) in [4.78, 5) is 25.4. The van der Waals surface area contributed by atoms with E-state index in [1.54, 1.807) is 0 Å². The highest BCUT2D eigenvalue weighted by molar-refractivity contribution is 6.39. The molecule has 0 N–H and O–H groups in total. The monoisotopic (exact) mass is 327 g/mol. The zero-order valence-corrected chi connectivity index (χ0v) is 12.8. The number of nitriles is 2. The van der Waals surface area contributed by atoms with Crippen LogP contribution in [0.5, 0.6) is 0 Å². The number of benzene rings is 1. The molecule has 0 saturated heterocycles. The molecule has 0 bridgehead atoms. The first-order chi connectivity index (χ1) is 11.5. The number of amides is 2. The van der Waals surface area contributed by atoms with Crippen LogP contribution in [0.25, 0.3) is 0 Å². The van der Waals surface area contributed by atoms with E-state index in [-0.39, 0.29) is 49.9 Å². The van der Waals surface area contributed by atoms with Gasteiger partial charge >= 0.3 is 0 Å². The smallest absolute Gasteiger partial charge is 0.271 e. The molecular weight excluding hydrogens is 313 g/mol. The van der Waals surface area contributed by atoms with Crippen molar-refractivity contribution >= 4 is 17.5 Å². The van der Waals surface area contributed by atoms with Gasteiger partial charge in [-0.1, -0.05) is 12.1 Å². The highest BCUT2D eigenvalue weighted by Gasteiger charge is 2.27. The molecule has 0 saturated carbocycles. The maximum atomic E-state index is 12.9. The van der Waals surface area contributed by atoms with Crippen LogP contribution in [0.15, 0.2) is 29.4 Å². The van der Waals surface area contributed by atoms with Gasteiger partial charge in [-0.05, 0) is 17.7 Å². The molecule has 0 unspecified atom stereocenters. The van der Waals surface area contributed by atoms with Gasteiger partial charge < -0.3 is 4.90 Å². The molecule has 0 spiro atoms. The molecule has 7 nitrogen and oxygen atoms in total. The van der Waals surface area contributed by atoms with E-state index in [1.165, 1.54) is 24.3 Å². The normalized spacial score (nSPS) is 13.7. The van der Waals surface area contributed by atoms with Crippen LogP contribution in [0.3, 0.4) is 0 Å². The molecule has 1 aromatic carbocycles. The minimum absolute atomic E-state index is 0.110. The standard InChI is InChI=1S/C16H14FN5O2/c17-13-3-1-12(2-4-13)11-22-15(23)6-5-14(20-22)16(24)21(9-7-18)10-8-19/h1-4H,5-6,9-11H2. The topological polar surface area (TPSA) is 101 Å². The molecule has 24 heavy (non-hydrogen) atoms. The minimum atomic E-state index is -0.533. The van der Waals surface area contributed by atoms with Crippen molar-refractivity contribution in [2.24, 2.45) is 5.10 Å². The van der Waals surface area contributed by atoms with Gasteiger partial charge in [-0.15, -0.1) is 0 Å². The Morgan fingerprint density at radius 2 is 1.83 bits per heavy atom. The van der Waals surface area contributed by atoms with Crippen molar-refractivity contribution in [3.05, 3.63) is 35.6 Å². The Labute approximate surface area is 138 Å². The average Bonchev–Trinajstić information content (AvgIpc) is 2.58. The number of rotatable bonds is 5. The summed E-state index contributed by atoms with van der Waals surface area (Å²) in [6.07, 6.45) is 0.268. The number of nitrogens with zero attached hydrogens (tertiary/aromatic N) is 5. The lowest BCUT2D eigenvalue weighted by atomic mass is 10.1. The van der Waals surface area contributed by atoms with E-state index in [0.29, 0.717) is 5.56 Å². The van der Waals surface area contributed by atoms with Crippen LogP contribution in [0.2, 0.25) is 0 Å². The number of hydrogen-bond donors (Lipinski definition) is 0. The second-order valence-electron chi connectivity index (χ2n) is 5.10. The van der Waals surface area contributed by atoms with E-state index in [9.17, 15) is 14.0 Å². The molecule has 0 radical (unpaired) electrons. The maximum Gasteiger partial charge on any atom is 0.271 e. The van der Waals surface area contributed by atoms with Crippen LogP contribution in [0.4, 0.5) is 4.39 Å². The van der Waals surface area contributed by atoms with Gasteiger partial charge in [0.05, 0.1) is 18.7 Å². The van der Waals surface area contributed by atoms with E-state index < -0.39 is 5.91 Å². The molecule has 1 heterocycles. The van der Waals surface area contributed by atoms with Crippen molar-refractivity contribution in [1.82, 2.24) is 9.91 Å². The van der Waals surface area contributed by atoms with E-state index >= 15 is 0 Å². The van der Waals surface area contributed by atoms with Gasteiger partial charge in [0.2, 0.25) is 5.91 Å². The lowest BCUT2D eigenvalue weighted by Gasteiger charge is -2.25. The summed E-state index contributed by atoms with van der Waals surface area (Å²) in [7, 11) is 0. The Morgan fingerprint density at radius 1 is 1.21 bits per heavy atom. The molecule has 122 valence electrons. The number of carbonyl (C=O) groups is 2. The molecule has 2 amide bonds. The van der Waals surface area contributed by atoms with E-state index in [0.717, 1.165) is 9.91 Å². The molecule has 0 aliphatic carbocycles. The quantitative estimate of drug-likeness (QED) is 0.758. The van der Waals surface area contributed by atoms with Crippen LogP contribution in [0, 0.1) is 28.5 Å². The lowest BCUT2D eigenvalue weighted by Crippen LogP contribution is -2.41. The molecular formula is C16H14FN5O2. The minimum Gasteiger partial charge on any atom is -0.311 e. The molecule has 8 heteroatoms. The third-order valence-electron chi connectivity index (χ3n) is 3.41. The summed E-state index contributed by atoms with van der Waals surface area (Å²) in [6.45, 7) is -0.332. The molecule has 1 aromatic rings. The van der Waals surface area contributed by atoms with Crippen LogP contribution >= 0.6 is 0 Å². The summed E-state index contributed by atoms with van der Waals surface area (Å²) in [5.41, 5.74) is 0.801. The van der Waals surface area contributed by atoms with Crippen molar-refractivity contribution in [3.8, 4) is 12.1 Å². The van der Waals surface area contributed by atoms with Crippen molar-refractivity contribution in [2.45, 2.75) is 19.4 Å². The van der Waals surface area contributed by atoms with Crippen LogP contribution < -0.4 is 0 Å². The van der Waals surface area contributed by atoms with Crippen LogP contribution in [0.1, 0.15) is 18.4 Å². The summed E-state index contributed by atoms with van der Waals surface area (Å²) in [6, 6.07) is 9.27. The largest absolute Gasteiger partial charge is 0.311 e. The Kier molecular flexibility index (Phi) is 5.58. The number of hydrogen-bond acceptors (Lipinski definition) is 5. The summed E-state index contributed by atoms with van der Waals surface area (Å²) in [5, 5.41) is 22.7. The highest BCUT2D eigenvalue weighted by atomic mass is 19.1. The van der Waals surface area contributed by atoms with E-state index in [4.69, 9.17) is 10.5 Å². The number of hydrazone groups is 1. The van der Waals surface area contributed by atoms with Gasteiger partial charge in [0.15, 0.2) is 0 Å². The highest BCUT2D eigenvalue weighted by Crippen LogP contribution is 2.15. The Bertz CT molecular complexity index is 729. The number of carbonyl (C=O) groups excluding carboxylic acids is 2. The lowest BCUT2D eigenvalue weighted by molar-refractivity contribution is -0.132. The van der Waals surface area contributed by atoms with Gasteiger partial charge in [0, 0.05) is 12.8 Å². The Balaban J connectivity index is 2.17. The first kappa shape index (κ1) is 17.1. The van der Waals surface area contributed by atoms with Crippen molar-refractivity contribution < 1.29 is 14.0 Å². The van der Waals surface area contributed by atoms with Gasteiger partial charge in [0.25, 0.3) is 5.91 Å². The SMILES string of the molecule is N#CCN(CC#N)C(=O)C1=NN(Cc2ccc(F)cc2)C(=O)CC1. The molecule has 0 atom stereocenters. The van der Waals surface area contributed by atoms with Gasteiger partial charge in [-0.25, -0.2) is 9.40 Å². The molecule has 2 rings (SSSR count). The second-order valence-corrected chi connectivity index (χ2v) is 5.10. The van der Waals surface area contributed by atoms with Crippen molar-refractivity contribution in [2.75, 3.05) is 13.1 Å². The van der Waals surface area contributed by atoms with E-state index in [1.807, 2.05) is 12.1 Å². The van der Waals surface area contributed by atoms with Gasteiger partial charge in [0.1, 0.15) is 24.6 Å². The summed E-state index contributed by atoms with van der Waals surface area (Å²) >= 11 is 0. The molecule has 0 aromatic heterocycles. The zero-order valence-electron chi connectivity index (χ0n) is 12.8. The maximum absolute atomic E-state index is 12.9. The van der Waals surface area contributed by atoms with Crippen LogP contribution in [-0.2, 0) is 16.1 Å². The fraction of sp³-hybridized carbons (Fsp3) is 0.312. The second kappa shape index (κ2) is 7.84.